The van der Waals surface area contributed by atoms with Gasteiger partial charge in [0.05, 0.1) is 0 Å². The van der Waals surface area contributed by atoms with E-state index in [1.807, 2.05) is 24.3 Å². The Morgan fingerprint density at radius 2 is 1.74 bits per heavy atom. The van der Waals surface area contributed by atoms with Gasteiger partial charge in [-0.1, -0.05) is 32.9 Å². The molecule has 2 heteroatoms. The first-order valence-corrected chi connectivity index (χ1v) is 6.76. The van der Waals surface area contributed by atoms with Gasteiger partial charge < -0.3 is 10.5 Å². The average molecular weight is 255 g/mol. The molecule has 0 amide bonds. The first-order chi connectivity index (χ1) is 9.10. The molecule has 2 aromatic carbocycles. The van der Waals surface area contributed by atoms with Gasteiger partial charge in [0.25, 0.3) is 0 Å². The number of rotatable bonds is 4. The van der Waals surface area contributed by atoms with Gasteiger partial charge in [-0.2, -0.15) is 0 Å². The van der Waals surface area contributed by atoms with Gasteiger partial charge in [-0.15, -0.1) is 0 Å². The van der Waals surface area contributed by atoms with Crippen LogP contribution >= 0.6 is 0 Å². The highest BCUT2D eigenvalue weighted by molar-refractivity contribution is 5.45. The second kappa shape index (κ2) is 5.79. The Hall–Kier alpha value is -1.96. The van der Waals surface area contributed by atoms with Crippen LogP contribution in [-0.2, 0) is 6.42 Å². The summed E-state index contributed by atoms with van der Waals surface area (Å²) in [5.74, 6) is 2.19. The molecule has 0 unspecified atom stereocenters. The molecule has 0 aliphatic carbocycles. The highest BCUT2D eigenvalue weighted by Gasteiger charge is 2.09. The first-order valence-electron chi connectivity index (χ1n) is 6.76. The fourth-order valence-electron chi connectivity index (χ4n) is 2.02. The highest BCUT2D eigenvalue weighted by Crippen LogP contribution is 2.31. The Kier molecular flexibility index (Phi) is 4.10. The third kappa shape index (κ3) is 3.28. The summed E-state index contributed by atoms with van der Waals surface area (Å²) in [6.07, 6.45) is 1.04. The van der Waals surface area contributed by atoms with E-state index >= 15 is 0 Å². The summed E-state index contributed by atoms with van der Waals surface area (Å²) in [5, 5.41) is 0. The van der Waals surface area contributed by atoms with Crippen molar-refractivity contribution in [1.82, 2.24) is 0 Å². The average Bonchev–Trinajstić information content (AvgIpc) is 2.41. The lowest BCUT2D eigenvalue weighted by Gasteiger charge is -2.15. The van der Waals surface area contributed by atoms with Crippen LogP contribution in [0.15, 0.2) is 42.5 Å². The van der Waals surface area contributed by atoms with Crippen molar-refractivity contribution in [1.29, 1.82) is 0 Å². The molecule has 0 aliphatic rings. The topological polar surface area (TPSA) is 35.2 Å². The van der Waals surface area contributed by atoms with Gasteiger partial charge in [0.2, 0.25) is 0 Å². The molecule has 0 fully saturated rings. The highest BCUT2D eigenvalue weighted by atomic mass is 16.5. The van der Waals surface area contributed by atoms with Gasteiger partial charge in [-0.25, -0.2) is 0 Å². The van der Waals surface area contributed by atoms with Gasteiger partial charge in [0.1, 0.15) is 11.5 Å². The number of aryl methyl sites for hydroxylation is 1. The van der Waals surface area contributed by atoms with E-state index in [1.54, 1.807) is 0 Å². The molecule has 19 heavy (non-hydrogen) atoms. The zero-order valence-corrected chi connectivity index (χ0v) is 11.8. The molecule has 0 atom stereocenters. The number of hydrogen-bond acceptors (Lipinski definition) is 2. The lowest BCUT2D eigenvalue weighted by atomic mass is 9.98. The summed E-state index contributed by atoms with van der Waals surface area (Å²) >= 11 is 0. The Labute approximate surface area is 115 Å². The zero-order valence-electron chi connectivity index (χ0n) is 11.8. The van der Waals surface area contributed by atoms with E-state index in [2.05, 4.69) is 39.0 Å². The molecule has 0 spiro atoms. The molecule has 0 heterocycles. The van der Waals surface area contributed by atoms with Crippen LogP contribution in [-0.4, -0.2) is 0 Å². The summed E-state index contributed by atoms with van der Waals surface area (Å²) in [5.41, 5.74) is 9.02. The maximum Gasteiger partial charge on any atom is 0.130 e. The smallest absolute Gasteiger partial charge is 0.130 e. The minimum atomic E-state index is 0.440. The lowest BCUT2D eigenvalue weighted by molar-refractivity contribution is 0.473. The van der Waals surface area contributed by atoms with Gasteiger partial charge in [0.15, 0.2) is 0 Å². The summed E-state index contributed by atoms with van der Waals surface area (Å²) in [6.45, 7) is 6.54. The van der Waals surface area contributed by atoms with Crippen molar-refractivity contribution in [2.75, 3.05) is 5.73 Å². The summed E-state index contributed by atoms with van der Waals surface area (Å²) < 4.78 is 5.97. The van der Waals surface area contributed by atoms with Crippen molar-refractivity contribution in [3.05, 3.63) is 53.6 Å². The molecule has 2 nitrogen and oxygen atoms in total. The van der Waals surface area contributed by atoms with E-state index in [1.165, 1.54) is 11.1 Å². The molecule has 2 N–H and O–H groups in total. The molecule has 0 radical (unpaired) electrons. The van der Waals surface area contributed by atoms with Gasteiger partial charge in [-0.3, -0.25) is 0 Å². The van der Waals surface area contributed by atoms with Crippen molar-refractivity contribution in [3.63, 3.8) is 0 Å². The predicted molar refractivity (Wildman–Crippen MR) is 80.8 cm³/mol. The second-order valence-electron chi connectivity index (χ2n) is 5.05. The van der Waals surface area contributed by atoms with Crippen LogP contribution < -0.4 is 10.5 Å². The fourth-order valence-corrected chi connectivity index (χ4v) is 2.02. The Bertz CT molecular complexity index is 544. The number of anilines is 1. The quantitative estimate of drug-likeness (QED) is 0.800. The Morgan fingerprint density at radius 3 is 2.32 bits per heavy atom. The maximum absolute atomic E-state index is 5.97. The van der Waals surface area contributed by atoms with E-state index in [9.17, 15) is 0 Å². The molecule has 2 rings (SSSR count). The monoisotopic (exact) mass is 255 g/mol. The van der Waals surface area contributed by atoms with Crippen LogP contribution in [0.1, 0.15) is 37.8 Å². The molecule has 0 aliphatic heterocycles. The zero-order chi connectivity index (χ0) is 13.8. The normalized spacial score (nSPS) is 10.7. The third-order valence-electron chi connectivity index (χ3n) is 3.21. The van der Waals surface area contributed by atoms with Gasteiger partial charge in [0, 0.05) is 5.69 Å². The van der Waals surface area contributed by atoms with E-state index in [4.69, 9.17) is 10.5 Å². The van der Waals surface area contributed by atoms with E-state index in [0.717, 1.165) is 23.6 Å². The standard InChI is InChI=1S/C17H21NO/c1-4-13-5-10-17(16(11-13)12(2)3)19-15-8-6-14(18)7-9-15/h5-12H,4,18H2,1-3H3. The SMILES string of the molecule is CCc1ccc(Oc2ccc(N)cc2)c(C(C)C)c1. The molecule has 2 aromatic rings. The largest absolute Gasteiger partial charge is 0.457 e. The lowest BCUT2D eigenvalue weighted by Crippen LogP contribution is -1.96. The van der Waals surface area contributed by atoms with Crippen LogP contribution in [0.2, 0.25) is 0 Å². The van der Waals surface area contributed by atoms with Crippen LogP contribution in [0, 0.1) is 0 Å². The predicted octanol–water partition coefficient (Wildman–Crippen LogP) is 4.75. The second-order valence-corrected chi connectivity index (χ2v) is 5.05. The van der Waals surface area contributed by atoms with Crippen LogP contribution in [0.5, 0.6) is 11.5 Å². The number of nitrogen functional groups attached to an aromatic ring is 1. The molecule has 100 valence electrons. The van der Waals surface area contributed by atoms with E-state index in [0.29, 0.717) is 5.92 Å². The summed E-state index contributed by atoms with van der Waals surface area (Å²) in [6, 6.07) is 13.9. The number of benzene rings is 2. The Morgan fingerprint density at radius 1 is 1.05 bits per heavy atom. The van der Waals surface area contributed by atoms with Crippen LogP contribution in [0.3, 0.4) is 0 Å². The molecule has 0 saturated heterocycles. The van der Waals surface area contributed by atoms with Crippen molar-refractivity contribution in [2.45, 2.75) is 33.1 Å². The maximum atomic E-state index is 5.97. The summed E-state index contributed by atoms with van der Waals surface area (Å²) in [7, 11) is 0. The Balaban J connectivity index is 2.31. The molecule has 0 bridgehead atoms. The van der Waals surface area contributed by atoms with Crippen molar-refractivity contribution >= 4 is 5.69 Å². The number of hydrogen-bond donors (Lipinski definition) is 1. The van der Waals surface area contributed by atoms with Crippen LogP contribution in [0.25, 0.3) is 0 Å². The fraction of sp³-hybridized carbons (Fsp3) is 0.294. The van der Waals surface area contributed by atoms with Crippen LogP contribution in [0.4, 0.5) is 5.69 Å². The van der Waals surface area contributed by atoms with E-state index in [-0.39, 0.29) is 0 Å². The van der Waals surface area contributed by atoms with Crippen molar-refractivity contribution in [3.8, 4) is 11.5 Å². The number of nitrogens with two attached hydrogens (primary N) is 1. The minimum absolute atomic E-state index is 0.440. The first kappa shape index (κ1) is 13.5. The molecular weight excluding hydrogens is 234 g/mol. The van der Waals surface area contributed by atoms with Gasteiger partial charge >= 0.3 is 0 Å². The third-order valence-corrected chi connectivity index (χ3v) is 3.21. The molecule has 0 saturated carbocycles. The van der Waals surface area contributed by atoms with Crippen molar-refractivity contribution < 1.29 is 4.74 Å². The van der Waals surface area contributed by atoms with Crippen molar-refractivity contribution in [2.24, 2.45) is 0 Å². The number of ether oxygens (including phenoxy) is 1. The summed E-state index contributed by atoms with van der Waals surface area (Å²) in [4.78, 5) is 0. The van der Waals surface area contributed by atoms with Gasteiger partial charge in [-0.05, 0) is 53.8 Å². The molecular formula is C17H21NO. The molecule has 0 aromatic heterocycles. The van der Waals surface area contributed by atoms with E-state index < -0.39 is 0 Å². The minimum Gasteiger partial charge on any atom is -0.457 e.